The number of hydrogen-bond donors (Lipinski definition) is 3. The fourth-order valence-electron chi connectivity index (χ4n) is 2.91. The van der Waals surface area contributed by atoms with E-state index in [1.165, 1.54) is 32.1 Å². The molecule has 17 heavy (non-hydrogen) atoms. The minimum Gasteiger partial charge on any atom is -0.298 e. The van der Waals surface area contributed by atoms with Crippen molar-refractivity contribution in [1.82, 2.24) is 5.43 Å². The molecule has 1 aliphatic carbocycles. The van der Waals surface area contributed by atoms with Crippen LogP contribution in [0.5, 0.6) is 0 Å². The number of nitrogens with zero attached hydrogens (tertiary/aromatic N) is 1. The number of hydrazone groups is 1. The maximum absolute atomic E-state index is 5.41. The number of rotatable bonds is 5. The molecule has 0 bridgehead atoms. The third-order valence-electron chi connectivity index (χ3n) is 3.83. The van der Waals surface area contributed by atoms with E-state index in [2.05, 4.69) is 24.4 Å². The van der Waals surface area contributed by atoms with E-state index < -0.39 is 6.29 Å². The Labute approximate surface area is 105 Å². The first kappa shape index (κ1) is 14.5. The summed E-state index contributed by atoms with van der Waals surface area (Å²) in [6.07, 6.45) is 7.35. The summed E-state index contributed by atoms with van der Waals surface area (Å²) >= 11 is 0. The maximum atomic E-state index is 5.41. The van der Waals surface area contributed by atoms with E-state index in [-0.39, 0.29) is 0 Å². The van der Waals surface area contributed by atoms with Gasteiger partial charge < -0.3 is 0 Å². The summed E-state index contributed by atoms with van der Waals surface area (Å²) in [5, 5.41) is 4.22. The van der Waals surface area contributed by atoms with Crippen LogP contribution in [-0.2, 0) is 0 Å². The van der Waals surface area contributed by atoms with Crippen LogP contribution in [0.1, 0.15) is 59.3 Å². The Morgan fingerprint density at radius 1 is 1.29 bits per heavy atom. The van der Waals surface area contributed by atoms with Gasteiger partial charge in [-0.2, -0.15) is 5.10 Å². The molecule has 0 aliphatic heterocycles. The molecule has 1 aliphatic rings. The van der Waals surface area contributed by atoms with E-state index in [0.29, 0.717) is 5.41 Å². The summed E-state index contributed by atoms with van der Waals surface area (Å²) in [5.41, 5.74) is 14.9. The Morgan fingerprint density at radius 2 is 1.88 bits per heavy atom. The first-order valence-corrected chi connectivity index (χ1v) is 6.71. The van der Waals surface area contributed by atoms with Crippen molar-refractivity contribution in [1.29, 1.82) is 0 Å². The Kier molecular flexibility index (Phi) is 5.40. The summed E-state index contributed by atoms with van der Waals surface area (Å²) < 4.78 is 0. The Hall–Kier alpha value is -0.610. The molecular weight excluding hydrogens is 212 g/mol. The van der Waals surface area contributed by atoms with E-state index >= 15 is 0 Å². The zero-order valence-electron chi connectivity index (χ0n) is 11.5. The summed E-state index contributed by atoms with van der Waals surface area (Å²) in [7, 11) is 0. The van der Waals surface area contributed by atoms with Gasteiger partial charge in [0.15, 0.2) is 0 Å². The van der Waals surface area contributed by atoms with Gasteiger partial charge in [0.1, 0.15) is 6.29 Å². The van der Waals surface area contributed by atoms with Crippen LogP contribution in [0.2, 0.25) is 0 Å². The van der Waals surface area contributed by atoms with Crippen LogP contribution in [0, 0.1) is 11.3 Å². The fraction of sp³-hybridized carbons (Fsp3) is 0.923. The van der Waals surface area contributed by atoms with Gasteiger partial charge in [-0.05, 0) is 37.5 Å². The first-order chi connectivity index (χ1) is 7.92. The molecule has 100 valence electrons. The summed E-state index contributed by atoms with van der Waals surface area (Å²) in [6.45, 7) is 6.74. The van der Waals surface area contributed by atoms with Crippen molar-refractivity contribution in [2.75, 3.05) is 0 Å². The minimum atomic E-state index is -0.567. The Balaban J connectivity index is 2.49. The molecule has 0 saturated heterocycles. The topological polar surface area (TPSA) is 76.4 Å². The average molecular weight is 240 g/mol. The van der Waals surface area contributed by atoms with E-state index in [1.54, 1.807) is 0 Å². The lowest BCUT2D eigenvalue weighted by atomic mass is 9.69. The lowest BCUT2D eigenvalue weighted by Crippen LogP contribution is -2.42. The van der Waals surface area contributed by atoms with Crippen molar-refractivity contribution in [3.8, 4) is 0 Å². The van der Waals surface area contributed by atoms with Gasteiger partial charge in [0.2, 0.25) is 0 Å². The highest BCUT2D eigenvalue weighted by Gasteiger charge is 2.30. The van der Waals surface area contributed by atoms with Crippen LogP contribution < -0.4 is 16.9 Å². The Morgan fingerprint density at radius 3 is 2.41 bits per heavy atom. The van der Waals surface area contributed by atoms with Crippen molar-refractivity contribution in [3.05, 3.63) is 0 Å². The molecule has 0 aromatic rings. The van der Waals surface area contributed by atoms with Gasteiger partial charge in [-0.15, -0.1) is 0 Å². The predicted octanol–water partition coefficient (Wildman–Crippen LogP) is 2.15. The molecule has 1 rings (SSSR count). The van der Waals surface area contributed by atoms with Crippen molar-refractivity contribution in [2.45, 2.75) is 65.6 Å². The lowest BCUT2D eigenvalue weighted by molar-refractivity contribution is 0.165. The van der Waals surface area contributed by atoms with Gasteiger partial charge in [0.25, 0.3) is 0 Å². The molecule has 0 spiro atoms. The van der Waals surface area contributed by atoms with Crippen LogP contribution in [0.4, 0.5) is 0 Å². The highest BCUT2D eigenvalue weighted by Crippen LogP contribution is 2.40. The second kappa shape index (κ2) is 6.36. The van der Waals surface area contributed by atoms with Crippen molar-refractivity contribution in [2.24, 2.45) is 27.9 Å². The summed E-state index contributed by atoms with van der Waals surface area (Å²) in [5.74, 6) is 0.827. The molecule has 4 nitrogen and oxygen atoms in total. The third-order valence-corrected chi connectivity index (χ3v) is 3.83. The molecule has 1 saturated carbocycles. The molecule has 0 atom stereocenters. The van der Waals surface area contributed by atoms with Crippen LogP contribution >= 0.6 is 0 Å². The molecule has 0 heterocycles. The molecule has 0 aromatic heterocycles. The lowest BCUT2D eigenvalue weighted by Gasteiger charge is -2.37. The molecule has 5 N–H and O–H groups in total. The minimum absolute atomic E-state index is 0.328. The maximum Gasteiger partial charge on any atom is 0.142 e. The summed E-state index contributed by atoms with van der Waals surface area (Å²) in [6, 6.07) is 0. The van der Waals surface area contributed by atoms with Gasteiger partial charge in [-0.25, -0.2) is 0 Å². The van der Waals surface area contributed by atoms with Crippen molar-refractivity contribution < 1.29 is 0 Å². The molecule has 0 amide bonds. The number of hydrogen-bond acceptors (Lipinski definition) is 4. The normalized spacial score (nSPS) is 19.8. The second-order valence-electron chi connectivity index (χ2n) is 6.00. The highest BCUT2D eigenvalue weighted by atomic mass is 15.4. The predicted molar refractivity (Wildman–Crippen MR) is 73.4 cm³/mol. The standard InChI is InChI=1S/C13H28N4/c1-10(16-17-12(14)15)9-13(2,3)11-7-5-4-6-8-11/h11-12,17H,4-9,14-15H2,1-3H3/b16-10-. The van der Waals surface area contributed by atoms with Gasteiger partial charge in [-0.3, -0.25) is 16.9 Å². The van der Waals surface area contributed by atoms with Crippen LogP contribution in [-0.4, -0.2) is 12.0 Å². The van der Waals surface area contributed by atoms with Crippen LogP contribution in [0.3, 0.4) is 0 Å². The molecule has 0 aromatic carbocycles. The van der Waals surface area contributed by atoms with E-state index in [1.807, 2.05) is 6.92 Å². The molecule has 0 unspecified atom stereocenters. The molecule has 0 radical (unpaired) electrons. The van der Waals surface area contributed by atoms with Crippen molar-refractivity contribution in [3.63, 3.8) is 0 Å². The molecule has 4 heteroatoms. The zero-order chi connectivity index (χ0) is 12.9. The smallest absolute Gasteiger partial charge is 0.142 e. The average Bonchev–Trinajstić information content (AvgIpc) is 2.27. The molecule has 1 fully saturated rings. The van der Waals surface area contributed by atoms with Crippen molar-refractivity contribution >= 4 is 5.71 Å². The quantitative estimate of drug-likeness (QED) is 0.391. The van der Waals surface area contributed by atoms with Gasteiger partial charge in [-0.1, -0.05) is 33.1 Å². The van der Waals surface area contributed by atoms with Gasteiger partial charge in [0.05, 0.1) is 0 Å². The zero-order valence-corrected chi connectivity index (χ0v) is 11.5. The van der Waals surface area contributed by atoms with Gasteiger partial charge >= 0.3 is 0 Å². The number of nitrogens with one attached hydrogen (secondary N) is 1. The largest absolute Gasteiger partial charge is 0.298 e. The monoisotopic (exact) mass is 240 g/mol. The first-order valence-electron chi connectivity index (χ1n) is 6.71. The van der Waals surface area contributed by atoms with E-state index in [9.17, 15) is 0 Å². The second-order valence-corrected chi connectivity index (χ2v) is 6.00. The van der Waals surface area contributed by atoms with Crippen LogP contribution in [0.25, 0.3) is 0 Å². The number of nitrogens with two attached hydrogens (primary N) is 2. The summed E-state index contributed by atoms with van der Waals surface area (Å²) in [4.78, 5) is 0. The van der Waals surface area contributed by atoms with Gasteiger partial charge in [0, 0.05) is 5.71 Å². The highest BCUT2D eigenvalue weighted by molar-refractivity contribution is 5.82. The molecular formula is C13H28N4. The van der Waals surface area contributed by atoms with E-state index in [0.717, 1.165) is 18.1 Å². The third kappa shape index (κ3) is 5.04. The fourth-order valence-corrected chi connectivity index (χ4v) is 2.91. The van der Waals surface area contributed by atoms with E-state index in [4.69, 9.17) is 11.5 Å². The van der Waals surface area contributed by atoms with Crippen LogP contribution in [0.15, 0.2) is 5.10 Å². The SMILES string of the molecule is C/C(CC(C)(C)C1CCCCC1)=N/NC(N)N. The Bertz CT molecular complexity index is 252.